The highest BCUT2D eigenvalue weighted by atomic mass is 16.9. The quantitative estimate of drug-likeness (QED) is 0.573. The minimum Gasteiger partial charge on any atom is -0.466 e. The molecular weight excluding hydrogens is 246 g/mol. The Morgan fingerprint density at radius 2 is 2.16 bits per heavy atom. The lowest BCUT2D eigenvalue weighted by Crippen LogP contribution is -2.50. The van der Waals surface area contributed by atoms with Gasteiger partial charge in [-0.2, -0.15) is 5.26 Å². The lowest BCUT2D eigenvalue weighted by atomic mass is 9.79. The van der Waals surface area contributed by atoms with Gasteiger partial charge in [0.15, 0.2) is 12.6 Å². The molecule has 0 bridgehead atoms. The van der Waals surface area contributed by atoms with Gasteiger partial charge in [0, 0.05) is 11.0 Å². The predicted octanol–water partition coefficient (Wildman–Crippen LogP) is 1.74. The Kier molecular flexibility index (Phi) is 2.54. The maximum absolute atomic E-state index is 11.7. The van der Waals surface area contributed by atoms with E-state index in [1.54, 1.807) is 6.92 Å². The lowest BCUT2D eigenvalue weighted by molar-refractivity contribution is -0.403. The monoisotopic (exact) mass is 263 g/mol. The average molecular weight is 263 g/mol. The Hall–Kier alpha value is -1.38. The van der Waals surface area contributed by atoms with Gasteiger partial charge in [-0.05, 0) is 32.1 Å². The molecular formula is C14H17NO4. The molecule has 0 spiro atoms. The van der Waals surface area contributed by atoms with Crippen LogP contribution in [0.2, 0.25) is 0 Å². The molecule has 2 aliphatic carbocycles. The zero-order valence-electron chi connectivity index (χ0n) is 11.1. The lowest BCUT2D eigenvalue weighted by Gasteiger charge is -2.43. The molecule has 0 aromatic rings. The smallest absolute Gasteiger partial charge is 0.333 e. The number of esters is 1. The fraction of sp³-hybridized carbons (Fsp3) is 0.714. The molecule has 0 N–H and O–H groups in total. The third-order valence-electron chi connectivity index (χ3n) is 4.81. The van der Waals surface area contributed by atoms with E-state index >= 15 is 0 Å². The largest absolute Gasteiger partial charge is 0.466 e. The number of ether oxygens (including phenoxy) is 3. The summed E-state index contributed by atoms with van der Waals surface area (Å²) in [7, 11) is 1.36. The first-order valence-corrected chi connectivity index (χ1v) is 6.47. The second-order valence-electron chi connectivity index (χ2n) is 5.85. The number of methoxy groups -OCH3 is 1. The summed E-state index contributed by atoms with van der Waals surface area (Å²) in [5.41, 5.74) is -0.426. The van der Waals surface area contributed by atoms with Gasteiger partial charge in [0.25, 0.3) is 0 Å². The molecule has 3 atom stereocenters. The van der Waals surface area contributed by atoms with Gasteiger partial charge >= 0.3 is 5.97 Å². The van der Waals surface area contributed by atoms with E-state index in [1.165, 1.54) is 7.11 Å². The van der Waals surface area contributed by atoms with Crippen molar-refractivity contribution in [1.82, 2.24) is 0 Å². The van der Waals surface area contributed by atoms with Crippen LogP contribution < -0.4 is 0 Å². The summed E-state index contributed by atoms with van der Waals surface area (Å²) in [6.07, 6.45) is 1.48. The van der Waals surface area contributed by atoms with Crippen molar-refractivity contribution in [3.05, 3.63) is 12.2 Å². The molecule has 5 heteroatoms. The van der Waals surface area contributed by atoms with Gasteiger partial charge in [0.2, 0.25) is 0 Å². The van der Waals surface area contributed by atoms with Crippen LogP contribution in [-0.4, -0.2) is 25.7 Å². The van der Waals surface area contributed by atoms with Gasteiger partial charge in [0.05, 0.1) is 13.2 Å². The zero-order valence-corrected chi connectivity index (χ0v) is 11.1. The van der Waals surface area contributed by atoms with Crippen LogP contribution in [0.1, 0.15) is 26.2 Å². The van der Waals surface area contributed by atoms with Gasteiger partial charge < -0.3 is 14.2 Å². The second-order valence-corrected chi connectivity index (χ2v) is 5.85. The summed E-state index contributed by atoms with van der Waals surface area (Å²) in [6.45, 7) is 5.68. The van der Waals surface area contributed by atoms with Crippen molar-refractivity contribution in [1.29, 1.82) is 5.26 Å². The molecule has 3 fully saturated rings. The summed E-state index contributed by atoms with van der Waals surface area (Å²) < 4.78 is 15.8. The first-order valence-electron chi connectivity index (χ1n) is 6.47. The first-order chi connectivity index (χ1) is 8.97. The van der Waals surface area contributed by atoms with Crippen molar-refractivity contribution in [3.63, 3.8) is 0 Å². The molecule has 3 unspecified atom stereocenters. The molecule has 3 rings (SSSR count). The topological polar surface area (TPSA) is 68.6 Å². The molecule has 1 saturated heterocycles. The van der Waals surface area contributed by atoms with Crippen molar-refractivity contribution >= 4 is 5.97 Å². The van der Waals surface area contributed by atoms with E-state index in [1.807, 2.05) is 0 Å². The van der Waals surface area contributed by atoms with E-state index in [0.29, 0.717) is 24.3 Å². The maximum atomic E-state index is 11.7. The summed E-state index contributed by atoms with van der Waals surface area (Å²) in [5.74, 6) is -0.0538. The number of carbonyl (C=O) groups excluding carboxylic acids is 1. The molecule has 1 aliphatic heterocycles. The van der Waals surface area contributed by atoms with Crippen LogP contribution in [0, 0.1) is 28.1 Å². The highest BCUT2D eigenvalue weighted by Gasteiger charge is 2.71. The molecule has 2 saturated carbocycles. The van der Waals surface area contributed by atoms with Crippen LogP contribution in [0.25, 0.3) is 0 Å². The molecule has 3 aliphatic rings. The van der Waals surface area contributed by atoms with Crippen LogP contribution in [-0.2, 0) is 19.0 Å². The highest BCUT2D eigenvalue weighted by molar-refractivity contribution is 5.90. The van der Waals surface area contributed by atoms with Crippen molar-refractivity contribution in [2.24, 2.45) is 16.7 Å². The van der Waals surface area contributed by atoms with E-state index in [4.69, 9.17) is 14.2 Å². The van der Waals surface area contributed by atoms with E-state index in [2.05, 4.69) is 12.6 Å². The van der Waals surface area contributed by atoms with Crippen LogP contribution in [0.3, 0.4) is 0 Å². The zero-order chi connectivity index (χ0) is 13.8. The Morgan fingerprint density at radius 1 is 1.47 bits per heavy atom. The molecule has 0 aromatic carbocycles. The van der Waals surface area contributed by atoms with Gasteiger partial charge in [-0.15, -0.1) is 0 Å². The highest BCUT2D eigenvalue weighted by Crippen LogP contribution is 2.73. The maximum Gasteiger partial charge on any atom is 0.333 e. The summed E-state index contributed by atoms with van der Waals surface area (Å²) in [6, 6.07) is 2.35. The van der Waals surface area contributed by atoms with Crippen molar-refractivity contribution in [3.8, 4) is 6.07 Å². The van der Waals surface area contributed by atoms with Crippen molar-refractivity contribution in [2.45, 2.75) is 38.8 Å². The van der Waals surface area contributed by atoms with E-state index < -0.39 is 11.7 Å². The minimum absolute atomic E-state index is 0.244. The number of hydrogen-bond acceptors (Lipinski definition) is 5. The Morgan fingerprint density at radius 3 is 2.68 bits per heavy atom. The number of rotatable bonds is 3. The number of nitrogens with zero attached hydrogens (tertiary/aromatic N) is 1. The van der Waals surface area contributed by atoms with Crippen LogP contribution in [0.15, 0.2) is 12.2 Å². The fourth-order valence-electron chi connectivity index (χ4n) is 3.68. The van der Waals surface area contributed by atoms with E-state index in [9.17, 15) is 10.1 Å². The summed E-state index contributed by atoms with van der Waals surface area (Å²) in [4.78, 5) is 11.7. The van der Waals surface area contributed by atoms with Crippen LogP contribution >= 0.6 is 0 Å². The molecule has 1 heterocycles. The van der Waals surface area contributed by atoms with E-state index in [0.717, 1.165) is 6.42 Å². The number of carbonyl (C=O) groups is 1. The van der Waals surface area contributed by atoms with Crippen molar-refractivity contribution < 1.29 is 19.0 Å². The summed E-state index contributed by atoms with van der Waals surface area (Å²) >= 11 is 0. The van der Waals surface area contributed by atoms with Gasteiger partial charge in [-0.25, -0.2) is 4.79 Å². The number of hydrogen-bond donors (Lipinski definition) is 0. The fourth-order valence-corrected chi connectivity index (χ4v) is 3.68. The van der Waals surface area contributed by atoms with Crippen LogP contribution in [0.5, 0.6) is 0 Å². The number of nitriles is 1. The van der Waals surface area contributed by atoms with Gasteiger partial charge in [-0.3, -0.25) is 0 Å². The second kappa shape index (κ2) is 3.81. The first kappa shape index (κ1) is 12.6. The number of fused-ring (bicyclic) bond motifs is 1. The van der Waals surface area contributed by atoms with Gasteiger partial charge in [-0.1, -0.05) is 6.58 Å². The Bertz CT molecular complexity index is 490. The average Bonchev–Trinajstić information content (AvgIpc) is 2.96. The normalized spacial score (nSPS) is 46.7. The molecule has 0 amide bonds. The van der Waals surface area contributed by atoms with Crippen LogP contribution in [0.4, 0.5) is 0 Å². The SMILES string of the molecule is C=C(C(=O)OC)C12CC1CC(C#N)(C1OC(C)O1)C2. The summed E-state index contributed by atoms with van der Waals surface area (Å²) in [5, 5.41) is 9.51. The third kappa shape index (κ3) is 1.57. The van der Waals surface area contributed by atoms with E-state index in [-0.39, 0.29) is 17.7 Å². The molecule has 0 radical (unpaired) electrons. The Balaban J connectivity index is 1.79. The predicted molar refractivity (Wildman–Crippen MR) is 64.4 cm³/mol. The minimum atomic E-state index is -0.646. The molecule has 19 heavy (non-hydrogen) atoms. The Labute approximate surface area is 112 Å². The molecule has 102 valence electrons. The third-order valence-corrected chi connectivity index (χ3v) is 4.81. The van der Waals surface area contributed by atoms with Gasteiger partial charge in [0.1, 0.15) is 5.41 Å². The van der Waals surface area contributed by atoms with Crippen molar-refractivity contribution in [2.75, 3.05) is 7.11 Å². The standard InChI is InChI=1S/C14H17NO4/c1-8(11(16)17-3)14-5-10(14)4-13(6-14,7-15)12-18-9(2)19-12/h9-10,12H,1,4-6H2,2-3H3. The molecule has 0 aromatic heterocycles. The molecule has 5 nitrogen and oxygen atoms in total.